The molecule has 0 aliphatic rings. The molecule has 1 heterocycles. The second kappa shape index (κ2) is 7.45. The number of halogens is 3. The van der Waals surface area contributed by atoms with Gasteiger partial charge in [0.1, 0.15) is 11.6 Å². The molecule has 0 aliphatic heterocycles. The lowest BCUT2D eigenvalue weighted by Gasteiger charge is -2.14. The van der Waals surface area contributed by atoms with E-state index in [1.165, 1.54) is 29.0 Å². The molecule has 0 N–H and O–H groups in total. The van der Waals surface area contributed by atoms with Gasteiger partial charge in [-0.3, -0.25) is 14.2 Å². The van der Waals surface area contributed by atoms with Crippen molar-refractivity contribution in [3.05, 3.63) is 97.9 Å². The smallest absolute Gasteiger partial charge is 0.255 e. The second-order valence-electron chi connectivity index (χ2n) is 6.35. The zero-order valence-electron chi connectivity index (χ0n) is 14.7. The van der Waals surface area contributed by atoms with Crippen LogP contribution in [0.1, 0.15) is 27.0 Å². The van der Waals surface area contributed by atoms with E-state index in [1.807, 2.05) is 13.8 Å². The van der Waals surface area contributed by atoms with E-state index < -0.39 is 11.6 Å². The van der Waals surface area contributed by atoms with Gasteiger partial charge in [0, 0.05) is 35.3 Å². The molecule has 3 rings (SSSR count). The van der Waals surface area contributed by atoms with Crippen molar-refractivity contribution in [3.63, 3.8) is 0 Å². The van der Waals surface area contributed by atoms with Crippen LogP contribution in [0.2, 0.25) is 5.02 Å². The largest absolute Gasteiger partial charge is 0.294 e. The van der Waals surface area contributed by atoms with Gasteiger partial charge < -0.3 is 0 Å². The molecular formula is C21H16ClF2NO2. The number of nitrogens with zero attached hydrogens (tertiary/aromatic N) is 1. The zero-order chi connectivity index (χ0) is 19.7. The van der Waals surface area contributed by atoms with Crippen molar-refractivity contribution < 1.29 is 13.6 Å². The number of rotatable bonds is 4. The quantitative estimate of drug-likeness (QED) is 0.602. The summed E-state index contributed by atoms with van der Waals surface area (Å²) in [5.41, 5.74) is 2.28. The lowest BCUT2D eigenvalue weighted by Crippen LogP contribution is -2.20. The third-order valence-corrected chi connectivity index (χ3v) is 4.51. The number of hydrogen-bond donors (Lipinski definition) is 0. The molecule has 0 radical (unpaired) electrons. The number of hydrogen-bond acceptors (Lipinski definition) is 2. The van der Waals surface area contributed by atoms with Gasteiger partial charge in [-0.05, 0) is 54.8 Å². The van der Waals surface area contributed by atoms with Crippen LogP contribution in [0.3, 0.4) is 0 Å². The standard InChI is InChI=1S/C21H16ClF2NO2/c1-12-7-16(22)8-13(2)21(12)25-11-15(4-6-20(25)27)19(26)9-14-3-5-17(23)10-18(14)24/h3-8,10-11H,9H2,1-2H3. The topological polar surface area (TPSA) is 39.1 Å². The molecule has 0 unspecified atom stereocenters. The van der Waals surface area contributed by atoms with Gasteiger partial charge in [0.15, 0.2) is 5.78 Å². The summed E-state index contributed by atoms with van der Waals surface area (Å²) in [6, 6.07) is 9.26. The number of pyridine rings is 1. The first-order chi connectivity index (χ1) is 12.8. The second-order valence-corrected chi connectivity index (χ2v) is 6.79. The molecule has 6 heteroatoms. The SMILES string of the molecule is Cc1cc(Cl)cc(C)c1-n1cc(C(=O)Cc2ccc(F)cc2F)ccc1=O. The Morgan fingerprint density at radius 2 is 1.70 bits per heavy atom. The van der Waals surface area contributed by atoms with Gasteiger partial charge in [-0.15, -0.1) is 0 Å². The van der Waals surface area contributed by atoms with Gasteiger partial charge in [0.25, 0.3) is 5.56 Å². The minimum atomic E-state index is -0.777. The monoisotopic (exact) mass is 387 g/mol. The number of benzene rings is 2. The molecule has 0 bridgehead atoms. The average Bonchev–Trinajstić information content (AvgIpc) is 2.58. The molecular weight excluding hydrogens is 372 g/mol. The van der Waals surface area contributed by atoms with Crippen molar-refractivity contribution in [1.29, 1.82) is 0 Å². The van der Waals surface area contributed by atoms with E-state index in [4.69, 9.17) is 11.6 Å². The summed E-state index contributed by atoms with van der Waals surface area (Å²) in [5.74, 6) is -1.86. The van der Waals surface area contributed by atoms with E-state index >= 15 is 0 Å². The van der Waals surface area contributed by atoms with Crippen LogP contribution < -0.4 is 5.56 Å². The predicted molar refractivity (Wildman–Crippen MR) is 101 cm³/mol. The van der Waals surface area contributed by atoms with Crippen molar-refractivity contribution in [2.75, 3.05) is 0 Å². The summed E-state index contributed by atoms with van der Waals surface area (Å²) in [4.78, 5) is 24.9. The lowest BCUT2D eigenvalue weighted by molar-refractivity contribution is 0.0991. The molecule has 0 aliphatic carbocycles. The average molecular weight is 388 g/mol. The summed E-state index contributed by atoms with van der Waals surface area (Å²) < 4.78 is 28.2. The van der Waals surface area contributed by atoms with Gasteiger partial charge in [-0.25, -0.2) is 8.78 Å². The van der Waals surface area contributed by atoms with E-state index in [1.54, 1.807) is 12.1 Å². The third-order valence-electron chi connectivity index (χ3n) is 4.30. The van der Waals surface area contributed by atoms with Crippen molar-refractivity contribution in [3.8, 4) is 5.69 Å². The third kappa shape index (κ3) is 3.98. The number of carbonyl (C=O) groups excluding carboxylic acids is 1. The van der Waals surface area contributed by atoms with Crippen molar-refractivity contribution in [2.45, 2.75) is 20.3 Å². The number of aromatic nitrogens is 1. The van der Waals surface area contributed by atoms with Gasteiger partial charge >= 0.3 is 0 Å². The zero-order valence-corrected chi connectivity index (χ0v) is 15.5. The van der Waals surface area contributed by atoms with E-state index in [9.17, 15) is 18.4 Å². The van der Waals surface area contributed by atoms with Crippen LogP contribution in [0.15, 0.2) is 53.5 Å². The molecule has 1 aromatic heterocycles. The maximum Gasteiger partial charge on any atom is 0.255 e. The molecule has 2 aromatic carbocycles. The van der Waals surface area contributed by atoms with E-state index in [0.29, 0.717) is 10.7 Å². The van der Waals surface area contributed by atoms with Gasteiger partial charge in [-0.2, -0.15) is 0 Å². The van der Waals surface area contributed by atoms with Crippen LogP contribution in [-0.2, 0) is 6.42 Å². The highest BCUT2D eigenvalue weighted by atomic mass is 35.5. The first kappa shape index (κ1) is 19.0. The minimum absolute atomic E-state index is 0.0954. The molecule has 0 fully saturated rings. The molecule has 3 nitrogen and oxygen atoms in total. The van der Waals surface area contributed by atoms with E-state index in [0.717, 1.165) is 23.3 Å². The summed E-state index contributed by atoms with van der Waals surface area (Å²) >= 11 is 6.04. The summed E-state index contributed by atoms with van der Waals surface area (Å²) in [6.07, 6.45) is 1.21. The Labute approximate surface area is 159 Å². The highest BCUT2D eigenvalue weighted by Gasteiger charge is 2.15. The number of ketones is 1. The Bertz CT molecular complexity index is 1080. The molecule has 0 saturated heterocycles. The fourth-order valence-electron chi connectivity index (χ4n) is 3.05. The van der Waals surface area contributed by atoms with Gasteiger partial charge in [0.05, 0.1) is 5.69 Å². The van der Waals surface area contributed by atoms with E-state index in [2.05, 4.69) is 0 Å². The highest BCUT2D eigenvalue weighted by Crippen LogP contribution is 2.23. The van der Waals surface area contributed by atoms with Gasteiger partial charge in [-0.1, -0.05) is 17.7 Å². The Balaban J connectivity index is 2.01. The molecule has 0 amide bonds. The summed E-state index contributed by atoms with van der Waals surface area (Å²) in [7, 11) is 0. The molecule has 138 valence electrons. The Kier molecular flexibility index (Phi) is 5.24. The maximum absolute atomic E-state index is 13.8. The van der Waals surface area contributed by atoms with E-state index in [-0.39, 0.29) is 28.9 Å². The first-order valence-electron chi connectivity index (χ1n) is 8.23. The van der Waals surface area contributed by atoms with Gasteiger partial charge in [0.2, 0.25) is 0 Å². The normalized spacial score (nSPS) is 10.9. The van der Waals surface area contributed by atoms with Crippen molar-refractivity contribution >= 4 is 17.4 Å². The van der Waals surface area contributed by atoms with Crippen LogP contribution in [0, 0.1) is 25.5 Å². The first-order valence-corrected chi connectivity index (χ1v) is 8.61. The molecule has 0 atom stereocenters. The molecule has 0 spiro atoms. The minimum Gasteiger partial charge on any atom is -0.294 e. The molecule has 27 heavy (non-hydrogen) atoms. The Morgan fingerprint density at radius 1 is 1.04 bits per heavy atom. The maximum atomic E-state index is 13.8. The molecule has 3 aromatic rings. The Morgan fingerprint density at radius 3 is 2.33 bits per heavy atom. The number of aryl methyl sites for hydroxylation is 2. The van der Waals surface area contributed by atoms with Crippen LogP contribution in [0.5, 0.6) is 0 Å². The predicted octanol–water partition coefficient (Wildman–Crippen LogP) is 4.81. The van der Waals surface area contributed by atoms with Crippen molar-refractivity contribution in [1.82, 2.24) is 4.57 Å². The molecule has 0 saturated carbocycles. The number of Topliss-reactive ketones (excluding diaryl/α,β-unsaturated/α-hetero) is 1. The lowest BCUT2D eigenvalue weighted by atomic mass is 10.0. The fourth-order valence-corrected chi connectivity index (χ4v) is 3.38. The van der Waals surface area contributed by atoms with Crippen LogP contribution in [0.25, 0.3) is 5.69 Å². The summed E-state index contributed by atoms with van der Waals surface area (Å²) in [5, 5.41) is 0.556. The highest BCUT2D eigenvalue weighted by molar-refractivity contribution is 6.30. The number of carbonyl (C=O) groups is 1. The van der Waals surface area contributed by atoms with Crippen molar-refractivity contribution in [2.24, 2.45) is 0 Å². The van der Waals surface area contributed by atoms with Crippen LogP contribution >= 0.6 is 11.6 Å². The summed E-state index contributed by atoms with van der Waals surface area (Å²) in [6.45, 7) is 3.64. The Hall–Kier alpha value is -2.79. The van der Waals surface area contributed by atoms with Crippen LogP contribution in [0.4, 0.5) is 8.78 Å². The fraction of sp³-hybridized carbons (Fsp3) is 0.143. The van der Waals surface area contributed by atoms with Crippen LogP contribution in [-0.4, -0.2) is 10.4 Å².